The van der Waals surface area contributed by atoms with Crippen LogP contribution in [0.15, 0.2) is 74.9 Å². The summed E-state index contributed by atoms with van der Waals surface area (Å²) in [6.07, 6.45) is 0. The van der Waals surface area contributed by atoms with Gasteiger partial charge >= 0.3 is 0 Å². The van der Waals surface area contributed by atoms with Gasteiger partial charge < -0.3 is 19.3 Å². The second kappa shape index (κ2) is 9.61. The summed E-state index contributed by atoms with van der Waals surface area (Å²) >= 11 is 1.47. The van der Waals surface area contributed by atoms with Gasteiger partial charge in [0.2, 0.25) is 0 Å². The fourth-order valence-corrected chi connectivity index (χ4v) is 3.90. The first-order valence-electron chi connectivity index (χ1n) is 9.80. The average Bonchev–Trinajstić information content (AvgIpc) is 3.18. The fourth-order valence-electron chi connectivity index (χ4n) is 3.00. The van der Waals surface area contributed by atoms with Crippen LogP contribution in [0.1, 0.15) is 11.5 Å². The Bertz CT molecular complexity index is 1300. The molecular formula is C23H21N3O5S. The zero-order valence-corrected chi connectivity index (χ0v) is 18.3. The lowest BCUT2D eigenvalue weighted by Crippen LogP contribution is -2.20. The normalized spacial score (nSPS) is 10.8. The van der Waals surface area contributed by atoms with E-state index in [-0.39, 0.29) is 18.1 Å². The lowest BCUT2D eigenvalue weighted by molar-refractivity contribution is -0.118. The van der Waals surface area contributed by atoms with Gasteiger partial charge in [0.1, 0.15) is 17.3 Å². The van der Waals surface area contributed by atoms with Crippen LogP contribution in [-0.2, 0) is 10.5 Å². The highest BCUT2D eigenvalue weighted by Gasteiger charge is 2.11. The summed E-state index contributed by atoms with van der Waals surface area (Å²) in [4.78, 5) is 29.9. The maximum atomic E-state index is 12.4. The first-order chi connectivity index (χ1) is 15.5. The van der Waals surface area contributed by atoms with Crippen LogP contribution in [0.5, 0.6) is 11.5 Å². The Morgan fingerprint density at radius 1 is 1.12 bits per heavy atom. The molecule has 0 aliphatic heterocycles. The molecule has 0 fully saturated rings. The van der Waals surface area contributed by atoms with Crippen molar-refractivity contribution in [2.45, 2.75) is 17.6 Å². The predicted octanol–water partition coefficient (Wildman–Crippen LogP) is 3.91. The van der Waals surface area contributed by atoms with Crippen LogP contribution < -0.4 is 20.3 Å². The lowest BCUT2D eigenvalue weighted by Gasteiger charge is -2.11. The number of anilines is 1. The Morgan fingerprint density at radius 3 is 2.66 bits per heavy atom. The van der Waals surface area contributed by atoms with Crippen LogP contribution in [0.3, 0.4) is 0 Å². The number of ether oxygens (including phenoxy) is 2. The molecule has 8 nitrogen and oxygen atoms in total. The van der Waals surface area contributed by atoms with Crippen molar-refractivity contribution in [2.24, 2.45) is 0 Å². The van der Waals surface area contributed by atoms with Crippen LogP contribution in [0.2, 0.25) is 0 Å². The van der Waals surface area contributed by atoms with Crippen LogP contribution >= 0.6 is 11.8 Å². The van der Waals surface area contributed by atoms with Crippen molar-refractivity contribution in [3.63, 3.8) is 0 Å². The molecule has 9 heteroatoms. The number of hydrogen-bond donors (Lipinski definition) is 1. The highest BCUT2D eigenvalue weighted by atomic mass is 32.2. The van der Waals surface area contributed by atoms with Gasteiger partial charge in [0.25, 0.3) is 11.5 Å². The molecule has 0 radical (unpaired) electrons. The molecule has 0 saturated carbocycles. The van der Waals surface area contributed by atoms with Gasteiger partial charge in [0.05, 0.1) is 18.5 Å². The van der Waals surface area contributed by atoms with Crippen molar-refractivity contribution in [1.82, 2.24) is 9.56 Å². The molecule has 2 aromatic heterocycles. The van der Waals surface area contributed by atoms with E-state index in [1.807, 2.05) is 24.3 Å². The third kappa shape index (κ3) is 5.12. The van der Waals surface area contributed by atoms with Gasteiger partial charge in [-0.2, -0.15) is 0 Å². The van der Waals surface area contributed by atoms with Gasteiger partial charge in [0, 0.05) is 22.8 Å². The summed E-state index contributed by atoms with van der Waals surface area (Å²) in [6.45, 7) is 1.64. The van der Waals surface area contributed by atoms with E-state index in [9.17, 15) is 9.59 Å². The number of aromatic nitrogens is 2. The molecule has 0 unspecified atom stereocenters. The predicted molar refractivity (Wildman–Crippen MR) is 122 cm³/mol. The van der Waals surface area contributed by atoms with Crippen molar-refractivity contribution in [3.05, 3.63) is 82.5 Å². The van der Waals surface area contributed by atoms with E-state index in [4.69, 9.17) is 14.0 Å². The highest BCUT2D eigenvalue weighted by Crippen LogP contribution is 2.29. The molecule has 1 N–H and O–H groups in total. The third-order valence-corrected chi connectivity index (χ3v) is 5.60. The molecule has 0 atom stereocenters. The van der Waals surface area contributed by atoms with Crippen molar-refractivity contribution in [1.29, 1.82) is 0 Å². The van der Waals surface area contributed by atoms with E-state index in [0.717, 1.165) is 4.90 Å². The van der Waals surface area contributed by atoms with E-state index < -0.39 is 0 Å². The number of methoxy groups -OCH3 is 1. The Kier molecular flexibility index (Phi) is 6.46. The number of benzene rings is 2. The summed E-state index contributed by atoms with van der Waals surface area (Å²) in [5.41, 5.74) is 1.50. The molecule has 1 amide bonds. The number of fused-ring (bicyclic) bond motifs is 1. The van der Waals surface area contributed by atoms with Crippen LogP contribution in [-0.4, -0.2) is 29.2 Å². The number of nitrogens with zero attached hydrogens (tertiary/aromatic N) is 2. The molecule has 164 valence electrons. The Morgan fingerprint density at radius 2 is 1.88 bits per heavy atom. The number of aryl methyl sites for hydroxylation is 1. The largest absolute Gasteiger partial charge is 0.497 e. The molecule has 0 spiro atoms. The smallest absolute Gasteiger partial charge is 0.287 e. The zero-order valence-electron chi connectivity index (χ0n) is 17.5. The van der Waals surface area contributed by atoms with Crippen LogP contribution in [0.4, 0.5) is 5.69 Å². The highest BCUT2D eigenvalue weighted by molar-refractivity contribution is 7.98. The van der Waals surface area contributed by atoms with Crippen molar-refractivity contribution in [3.8, 4) is 11.5 Å². The second-order valence-corrected chi connectivity index (χ2v) is 7.90. The number of rotatable bonds is 8. The molecule has 0 saturated heterocycles. The number of hydrogen-bond acceptors (Lipinski definition) is 7. The minimum atomic E-state index is -0.277. The fraction of sp³-hybridized carbons (Fsp3) is 0.174. The maximum Gasteiger partial charge on any atom is 0.287 e. The first kappa shape index (κ1) is 21.5. The number of carbonyl (C=O) groups excluding carboxylic acids is 1. The molecule has 0 aliphatic rings. The lowest BCUT2D eigenvalue weighted by atomic mass is 10.3. The first-order valence-corrected chi connectivity index (χ1v) is 10.8. The molecule has 4 rings (SSSR count). The summed E-state index contributed by atoms with van der Waals surface area (Å²) in [5, 5.41) is 2.87. The monoisotopic (exact) mass is 451 g/mol. The molecule has 2 heterocycles. The molecule has 0 aliphatic carbocycles. The van der Waals surface area contributed by atoms with Gasteiger partial charge in [-0.3, -0.25) is 9.59 Å². The molecular weight excluding hydrogens is 430 g/mol. The molecule has 4 aromatic rings. The van der Waals surface area contributed by atoms with Crippen LogP contribution in [0.25, 0.3) is 5.65 Å². The Labute approximate surface area is 188 Å². The minimum absolute atomic E-state index is 0.125. The van der Waals surface area contributed by atoms with E-state index in [1.54, 1.807) is 44.4 Å². The summed E-state index contributed by atoms with van der Waals surface area (Å²) in [5.74, 6) is 2.09. The van der Waals surface area contributed by atoms with E-state index in [0.29, 0.717) is 40.0 Å². The maximum absolute atomic E-state index is 12.4. The van der Waals surface area contributed by atoms with Crippen molar-refractivity contribution >= 4 is 29.0 Å². The van der Waals surface area contributed by atoms with E-state index >= 15 is 0 Å². The van der Waals surface area contributed by atoms with Crippen molar-refractivity contribution < 1.29 is 18.8 Å². The number of amides is 1. The van der Waals surface area contributed by atoms with E-state index in [2.05, 4.69) is 10.3 Å². The topological polar surface area (TPSA) is 95.1 Å². The Hall–Kier alpha value is -3.72. The average molecular weight is 452 g/mol. The van der Waals surface area contributed by atoms with Gasteiger partial charge in [-0.05, 0) is 43.3 Å². The number of thioether (sulfide) groups is 1. The molecule has 2 aromatic carbocycles. The SMILES string of the molecule is COc1ccc(OCC(=O)Nc2ccccc2SCc2cc(=O)n3oc(C)cc3n2)cc1. The summed E-state index contributed by atoms with van der Waals surface area (Å²) in [7, 11) is 1.59. The molecule has 32 heavy (non-hydrogen) atoms. The van der Waals surface area contributed by atoms with Gasteiger partial charge in [-0.1, -0.05) is 12.1 Å². The minimum Gasteiger partial charge on any atom is -0.497 e. The molecule has 0 bridgehead atoms. The second-order valence-electron chi connectivity index (χ2n) is 6.88. The quantitative estimate of drug-likeness (QED) is 0.406. The summed E-state index contributed by atoms with van der Waals surface area (Å²) < 4.78 is 17.1. The number of nitrogens with one attached hydrogen (secondary N) is 1. The third-order valence-electron chi connectivity index (χ3n) is 4.49. The van der Waals surface area contributed by atoms with Gasteiger partial charge in [0.15, 0.2) is 12.3 Å². The Balaban J connectivity index is 1.39. The standard InChI is InChI=1S/C23H21N3O5S/c1-15-11-21-24-16(12-23(28)26(21)31-15)14-32-20-6-4-3-5-19(20)25-22(27)13-30-18-9-7-17(29-2)8-10-18/h3-12H,13-14H2,1-2H3,(H,25,27). The van der Waals surface area contributed by atoms with Gasteiger partial charge in [-0.25, -0.2) is 4.98 Å². The van der Waals surface area contributed by atoms with Crippen LogP contribution in [0, 0.1) is 6.92 Å². The van der Waals surface area contributed by atoms with Gasteiger partial charge in [-0.15, -0.1) is 16.3 Å². The number of carbonyl (C=O) groups is 1. The number of para-hydroxylation sites is 1. The summed E-state index contributed by atoms with van der Waals surface area (Å²) in [6, 6.07) is 17.6. The van der Waals surface area contributed by atoms with Crippen molar-refractivity contribution in [2.75, 3.05) is 19.0 Å². The zero-order chi connectivity index (χ0) is 22.5. The van der Waals surface area contributed by atoms with E-state index in [1.165, 1.54) is 22.4 Å².